The predicted molar refractivity (Wildman–Crippen MR) is 62.5 cm³/mol. The molecule has 1 aromatic rings. The van der Waals surface area contributed by atoms with E-state index in [9.17, 15) is 4.79 Å². The normalized spacial score (nSPS) is 19.3. The number of cyclic esters (lactones) is 1. The van der Waals surface area contributed by atoms with Gasteiger partial charge in [0.25, 0.3) is 0 Å². The molecule has 1 saturated heterocycles. The minimum Gasteiger partial charge on any atom is -0.497 e. The lowest BCUT2D eigenvalue weighted by Crippen LogP contribution is -2.25. The number of nitrogens with zero attached hydrogens (tertiary/aromatic N) is 1. The molecule has 0 bridgehead atoms. The molecule has 1 aliphatic rings. The van der Waals surface area contributed by atoms with E-state index in [0.717, 1.165) is 5.69 Å². The lowest BCUT2D eigenvalue weighted by atomic mass is 10.2. The summed E-state index contributed by atoms with van der Waals surface area (Å²) < 4.78 is 15.3. The topological polar surface area (TPSA) is 48.0 Å². The van der Waals surface area contributed by atoms with Gasteiger partial charge in [-0.3, -0.25) is 4.90 Å². The number of rotatable bonds is 4. The molecule has 0 unspecified atom stereocenters. The van der Waals surface area contributed by atoms with E-state index in [1.165, 1.54) is 0 Å². The van der Waals surface area contributed by atoms with Crippen LogP contribution in [0.1, 0.15) is 0 Å². The summed E-state index contributed by atoms with van der Waals surface area (Å²) in [6, 6.07) is 7.32. The van der Waals surface area contributed by atoms with Gasteiger partial charge in [0, 0.05) is 13.2 Å². The molecule has 0 spiro atoms. The summed E-state index contributed by atoms with van der Waals surface area (Å²) in [5.41, 5.74) is 0.771. The van der Waals surface area contributed by atoms with Gasteiger partial charge >= 0.3 is 6.09 Å². The summed E-state index contributed by atoms with van der Waals surface area (Å²) in [7, 11) is 3.18. The Bertz CT molecular complexity index is 407. The molecule has 0 aliphatic carbocycles. The standard InChI is InChI=1S/C12H15NO4/c1-15-8-11-7-13(12(14)17-11)9-4-3-5-10(6-9)16-2/h3-6,11H,7-8H2,1-2H3/t11-/m1/s1. The third-order valence-electron chi connectivity index (χ3n) is 2.59. The monoisotopic (exact) mass is 237 g/mol. The molecule has 2 rings (SSSR count). The number of hydrogen-bond donors (Lipinski definition) is 0. The average molecular weight is 237 g/mol. The zero-order valence-electron chi connectivity index (χ0n) is 9.88. The largest absolute Gasteiger partial charge is 0.497 e. The van der Waals surface area contributed by atoms with Crippen molar-refractivity contribution >= 4 is 11.8 Å². The highest BCUT2D eigenvalue weighted by molar-refractivity contribution is 5.89. The van der Waals surface area contributed by atoms with Crippen LogP contribution < -0.4 is 9.64 Å². The molecule has 1 fully saturated rings. The maximum atomic E-state index is 11.7. The van der Waals surface area contributed by atoms with Crippen LogP contribution in [0.2, 0.25) is 0 Å². The van der Waals surface area contributed by atoms with Gasteiger partial charge in [-0.2, -0.15) is 0 Å². The number of amides is 1. The van der Waals surface area contributed by atoms with Crippen LogP contribution in [0.15, 0.2) is 24.3 Å². The van der Waals surface area contributed by atoms with Crippen molar-refractivity contribution in [3.63, 3.8) is 0 Å². The smallest absolute Gasteiger partial charge is 0.414 e. The van der Waals surface area contributed by atoms with Crippen LogP contribution in [0.25, 0.3) is 0 Å². The second-order valence-corrected chi connectivity index (χ2v) is 3.77. The van der Waals surface area contributed by atoms with Crippen molar-refractivity contribution in [2.24, 2.45) is 0 Å². The number of ether oxygens (including phenoxy) is 3. The first-order chi connectivity index (χ1) is 8.24. The lowest BCUT2D eigenvalue weighted by Gasteiger charge is -2.13. The number of benzene rings is 1. The van der Waals surface area contributed by atoms with Gasteiger partial charge in [-0.05, 0) is 12.1 Å². The maximum Gasteiger partial charge on any atom is 0.414 e. The van der Waals surface area contributed by atoms with E-state index in [1.807, 2.05) is 18.2 Å². The molecule has 0 N–H and O–H groups in total. The quantitative estimate of drug-likeness (QED) is 0.799. The fourth-order valence-electron chi connectivity index (χ4n) is 1.78. The Morgan fingerprint density at radius 3 is 3.00 bits per heavy atom. The van der Waals surface area contributed by atoms with E-state index in [1.54, 1.807) is 25.2 Å². The molecule has 5 heteroatoms. The van der Waals surface area contributed by atoms with Gasteiger partial charge in [-0.1, -0.05) is 6.07 Å². The molecule has 0 radical (unpaired) electrons. The Labute approximate surface area is 99.9 Å². The van der Waals surface area contributed by atoms with Crippen molar-refractivity contribution in [2.75, 3.05) is 32.3 Å². The van der Waals surface area contributed by atoms with Gasteiger partial charge in [-0.25, -0.2) is 4.79 Å². The van der Waals surface area contributed by atoms with Crippen molar-refractivity contribution in [2.45, 2.75) is 6.10 Å². The van der Waals surface area contributed by atoms with E-state index < -0.39 is 0 Å². The second kappa shape index (κ2) is 5.05. The highest BCUT2D eigenvalue weighted by Crippen LogP contribution is 2.25. The molecule has 5 nitrogen and oxygen atoms in total. The van der Waals surface area contributed by atoms with Crippen molar-refractivity contribution < 1.29 is 19.0 Å². The van der Waals surface area contributed by atoms with Crippen molar-refractivity contribution in [3.8, 4) is 5.75 Å². The summed E-state index contributed by atoms with van der Waals surface area (Å²) in [6.07, 6.45) is -0.556. The summed E-state index contributed by atoms with van der Waals surface area (Å²) in [6.45, 7) is 0.909. The first-order valence-corrected chi connectivity index (χ1v) is 5.35. The molecule has 1 aliphatic heterocycles. The molecule has 92 valence electrons. The predicted octanol–water partition coefficient (Wildman–Crippen LogP) is 1.67. The van der Waals surface area contributed by atoms with Crippen LogP contribution in [0, 0.1) is 0 Å². The molecule has 17 heavy (non-hydrogen) atoms. The van der Waals surface area contributed by atoms with Crippen molar-refractivity contribution in [1.82, 2.24) is 0 Å². The van der Waals surface area contributed by atoms with E-state index >= 15 is 0 Å². The highest BCUT2D eigenvalue weighted by atomic mass is 16.6. The second-order valence-electron chi connectivity index (χ2n) is 3.77. The van der Waals surface area contributed by atoms with Crippen LogP contribution in [-0.4, -0.2) is 39.6 Å². The van der Waals surface area contributed by atoms with Crippen LogP contribution >= 0.6 is 0 Å². The zero-order chi connectivity index (χ0) is 12.3. The van der Waals surface area contributed by atoms with Gasteiger partial charge in [0.1, 0.15) is 11.9 Å². The van der Waals surface area contributed by atoms with E-state index in [2.05, 4.69) is 0 Å². The number of hydrogen-bond acceptors (Lipinski definition) is 4. The van der Waals surface area contributed by atoms with Gasteiger partial charge in [0.15, 0.2) is 0 Å². The number of carbonyl (C=O) groups excluding carboxylic acids is 1. The van der Waals surface area contributed by atoms with Gasteiger partial charge in [-0.15, -0.1) is 0 Å². The molecular formula is C12H15NO4. The first kappa shape index (κ1) is 11.7. The molecule has 0 saturated carbocycles. The minimum atomic E-state index is -0.347. The molecule has 1 aromatic carbocycles. The Hall–Kier alpha value is -1.75. The fraction of sp³-hybridized carbons (Fsp3) is 0.417. The van der Waals surface area contributed by atoms with Gasteiger partial charge in [0.05, 0.1) is 25.9 Å². The molecular weight excluding hydrogens is 222 g/mol. The molecule has 1 heterocycles. The highest BCUT2D eigenvalue weighted by Gasteiger charge is 2.32. The van der Waals surface area contributed by atoms with Crippen molar-refractivity contribution in [3.05, 3.63) is 24.3 Å². The summed E-state index contributed by atoms with van der Waals surface area (Å²) in [5.74, 6) is 0.713. The van der Waals surface area contributed by atoms with Crippen molar-refractivity contribution in [1.29, 1.82) is 0 Å². The minimum absolute atomic E-state index is 0.210. The maximum absolute atomic E-state index is 11.7. The first-order valence-electron chi connectivity index (χ1n) is 5.35. The number of carbonyl (C=O) groups is 1. The van der Waals surface area contributed by atoms with E-state index in [4.69, 9.17) is 14.2 Å². The summed E-state index contributed by atoms with van der Waals surface area (Å²) >= 11 is 0. The summed E-state index contributed by atoms with van der Waals surface area (Å²) in [4.78, 5) is 13.2. The Morgan fingerprint density at radius 1 is 1.47 bits per heavy atom. The molecule has 1 amide bonds. The fourth-order valence-corrected chi connectivity index (χ4v) is 1.78. The van der Waals surface area contributed by atoms with Gasteiger partial charge < -0.3 is 14.2 Å². The van der Waals surface area contributed by atoms with E-state index in [-0.39, 0.29) is 12.2 Å². The van der Waals surface area contributed by atoms with Crippen LogP contribution in [0.5, 0.6) is 5.75 Å². The number of anilines is 1. The third kappa shape index (κ3) is 2.50. The zero-order valence-corrected chi connectivity index (χ0v) is 9.88. The molecule has 0 aromatic heterocycles. The average Bonchev–Trinajstić information content (AvgIpc) is 2.71. The van der Waals surface area contributed by atoms with Crippen LogP contribution in [0.4, 0.5) is 10.5 Å². The molecule has 1 atom stereocenters. The van der Waals surface area contributed by atoms with Crippen LogP contribution in [0.3, 0.4) is 0 Å². The van der Waals surface area contributed by atoms with Crippen LogP contribution in [-0.2, 0) is 9.47 Å². The van der Waals surface area contributed by atoms with E-state index in [0.29, 0.717) is 18.9 Å². The summed E-state index contributed by atoms with van der Waals surface area (Å²) in [5, 5.41) is 0. The Kier molecular flexibility index (Phi) is 3.49. The SMILES string of the molecule is COC[C@H]1CN(c2cccc(OC)c2)C(=O)O1. The number of methoxy groups -OCH3 is 2. The third-order valence-corrected chi connectivity index (χ3v) is 2.59. The van der Waals surface area contributed by atoms with Gasteiger partial charge in [0.2, 0.25) is 0 Å². The Balaban J connectivity index is 2.14. The Morgan fingerprint density at radius 2 is 2.29 bits per heavy atom. The lowest BCUT2D eigenvalue weighted by molar-refractivity contribution is 0.0718.